The highest BCUT2D eigenvalue weighted by Crippen LogP contribution is 2.29. The van der Waals surface area contributed by atoms with Crippen LogP contribution >= 0.6 is 23.5 Å². The maximum atomic E-state index is 12.8. The third kappa shape index (κ3) is 4.09. The minimum absolute atomic E-state index is 0.104. The molecule has 6 heteroatoms. The number of nitrogens with zero attached hydrogens (tertiary/aromatic N) is 2. The van der Waals surface area contributed by atoms with E-state index in [1.165, 1.54) is 43.6 Å². The summed E-state index contributed by atoms with van der Waals surface area (Å²) in [4.78, 5) is 19.4. The number of urea groups is 1. The molecule has 2 aliphatic heterocycles. The van der Waals surface area contributed by atoms with Crippen molar-refractivity contribution in [3.05, 3.63) is 0 Å². The van der Waals surface area contributed by atoms with E-state index in [4.69, 9.17) is 0 Å². The Labute approximate surface area is 135 Å². The van der Waals surface area contributed by atoms with Crippen molar-refractivity contribution in [2.24, 2.45) is 4.99 Å². The van der Waals surface area contributed by atoms with Gasteiger partial charge in [0.15, 0.2) is 5.17 Å². The van der Waals surface area contributed by atoms with Crippen LogP contribution in [-0.4, -0.2) is 52.0 Å². The summed E-state index contributed by atoms with van der Waals surface area (Å²) < 4.78 is 0. The number of amidine groups is 1. The van der Waals surface area contributed by atoms with Crippen LogP contribution in [-0.2, 0) is 0 Å². The van der Waals surface area contributed by atoms with Gasteiger partial charge in [-0.2, -0.15) is 11.8 Å². The van der Waals surface area contributed by atoms with Crippen LogP contribution in [0, 0.1) is 0 Å². The molecule has 1 saturated heterocycles. The van der Waals surface area contributed by atoms with Crippen LogP contribution in [0.25, 0.3) is 0 Å². The molecule has 4 nitrogen and oxygen atoms in total. The Hall–Kier alpha value is -0.360. The molecule has 21 heavy (non-hydrogen) atoms. The normalized spacial score (nSPS) is 24.7. The first-order chi connectivity index (χ1) is 10.3. The zero-order valence-corrected chi connectivity index (χ0v) is 14.2. The Balaban J connectivity index is 1.68. The van der Waals surface area contributed by atoms with Crippen LogP contribution in [0.2, 0.25) is 0 Å². The van der Waals surface area contributed by atoms with E-state index in [0.717, 1.165) is 30.3 Å². The Morgan fingerprint density at radius 2 is 1.76 bits per heavy atom. The quantitative estimate of drug-likeness (QED) is 0.846. The standard InChI is InChI=1S/C15H25N3OS2/c19-15(17-14-16-8-11-21-14)18(12-4-2-1-3-5-12)13-6-9-20-10-7-13/h12-13H,1-11H2,(H,16,17,19). The molecule has 0 aromatic rings. The predicted octanol–water partition coefficient (Wildman–Crippen LogP) is 3.33. The lowest BCUT2D eigenvalue weighted by molar-refractivity contribution is 0.122. The molecule has 3 aliphatic rings. The van der Waals surface area contributed by atoms with Gasteiger partial charge < -0.3 is 4.90 Å². The lowest BCUT2D eigenvalue weighted by Crippen LogP contribution is -2.53. The number of aliphatic imine (C=N–C) groups is 1. The summed E-state index contributed by atoms with van der Waals surface area (Å²) in [6, 6.07) is 0.979. The fourth-order valence-corrected chi connectivity index (χ4v) is 5.32. The van der Waals surface area contributed by atoms with Gasteiger partial charge in [0.2, 0.25) is 0 Å². The Morgan fingerprint density at radius 1 is 1.05 bits per heavy atom. The second kappa shape index (κ2) is 7.77. The number of hydrogen-bond donors (Lipinski definition) is 1. The fourth-order valence-electron chi connectivity index (χ4n) is 3.52. The lowest BCUT2D eigenvalue weighted by Gasteiger charge is -2.41. The van der Waals surface area contributed by atoms with Crippen molar-refractivity contribution in [1.29, 1.82) is 0 Å². The largest absolute Gasteiger partial charge is 0.323 e. The topological polar surface area (TPSA) is 44.7 Å². The van der Waals surface area contributed by atoms with Crippen LogP contribution < -0.4 is 5.32 Å². The second-order valence-corrected chi connectivity index (χ2v) is 8.32. The number of amides is 2. The second-order valence-electron chi connectivity index (χ2n) is 6.01. The highest BCUT2D eigenvalue weighted by molar-refractivity contribution is 8.14. The first kappa shape index (κ1) is 15.5. The van der Waals surface area contributed by atoms with Crippen molar-refractivity contribution in [3.63, 3.8) is 0 Å². The molecule has 0 atom stereocenters. The maximum Gasteiger partial charge on any atom is 0.323 e. The van der Waals surface area contributed by atoms with Gasteiger partial charge in [-0.3, -0.25) is 10.3 Å². The van der Waals surface area contributed by atoms with Gasteiger partial charge in [0.1, 0.15) is 0 Å². The number of thioether (sulfide) groups is 2. The van der Waals surface area contributed by atoms with Gasteiger partial charge in [0.25, 0.3) is 0 Å². The Kier molecular flexibility index (Phi) is 5.75. The third-order valence-corrected chi connectivity index (χ3v) is 6.53. The van der Waals surface area contributed by atoms with Crippen molar-refractivity contribution in [1.82, 2.24) is 10.2 Å². The molecule has 118 valence electrons. The molecule has 1 saturated carbocycles. The molecular weight excluding hydrogens is 302 g/mol. The fraction of sp³-hybridized carbons (Fsp3) is 0.867. The van der Waals surface area contributed by atoms with E-state index < -0.39 is 0 Å². The van der Waals surface area contributed by atoms with Crippen LogP contribution in [0.1, 0.15) is 44.9 Å². The maximum absolute atomic E-state index is 12.8. The number of carbonyl (C=O) groups excluding carboxylic acids is 1. The average Bonchev–Trinajstić information content (AvgIpc) is 3.02. The molecule has 0 aromatic carbocycles. The number of hydrogen-bond acceptors (Lipinski definition) is 4. The van der Waals surface area contributed by atoms with Gasteiger partial charge in [-0.25, -0.2) is 4.79 Å². The van der Waals surface area contributed by atoms with Gasteiger partial charge >= 0.3 is 6.03 Å². The zero-order valence-electron chi connectivity index (χ0n) is 12.6. The molecule has 2 amide bonds. The molecule has 1 aliphatic carbocycles. The molecular formula is C15H25N3OS2. The molecule has 2 heterocycles. The number of carbonyl (C=O) groups is 1. The molecule has 0 radical (unpaired) electrons. The summed E-state index contributed by atoms with van der Waals surface area (Å²) in [5, 5.41) is 3.89. The minimum atomic E-state index is 0.104. The summed E-state index contributed by atoms with van der Waals surface area (Å²) in [7, 11) is 0. The summed E-state index contributed by atoms with van der Waals surface area (Å²) in [6.45, 7) is 0.837. The van der Waals surface area contributed by atoms with Crippen LogP contribution in [0.3, 0.4) is 0 Å². The van der Waals surface area contributed by atoms with Crippen molar-refractivity contribution in [3.8, 4) is 0 Å². The first-order valence-corrected chi connectivity index (χ1v) is 10.3. The summed E-state index contributed by atoms with van der Waals surface area (Å²) in [5.41, 5.74) is 0. The average molecular weight is 328 g/mol. The van der Waals surface area contributed by atoms with E-state index in [-0.39, 0.29) is 6.03 Å². The van der Waals surface area contributed by atoms with Gasteiger partial charge in [-0.05, 0) is 37.2 Å². The summed E-state index contributed by atoms with van der Waals surface area (Å²) in [6.07, 6.45) is 8.52. The zero-order chi connectivity index (χ0) is 14.5. The third-order valence-electron chi connectivity index (χ3n) is 4.59. The number of nitrogens with one attached hydrogen (secondary N) is 1. The highest BCUT2D eigenvalue weighted by atomic mass is 32.2. The Bertz CT molecular complexity index is 372. The Morgan fingerprint density at radius 3 is 2.43 bits per heavy atom. The molecule has 2 fully saturated rings. The van der Waals surface area contributed by atoms with E-state index in [2.05, 4.69) is 15.2 Å². The van der Waals surface area contributed by atoms with Gasteiger partial charge in [0.05, 0.1) is 6.54 Å². The molecule has 0 aromatic heterocycles. The number of rotatable bonds is 2. The van der Waals surface area contributed by atoms with E-state index >= 15 is 0 Å². The smallest absolute Gasteiger partial charge is 0.318 e. The van der Waals surface area contributed by atoms with Crippen molar-refractivity contribution in [2.45, 2.75) is 57.0 Å². The SMILES string of the molecule is O=C(NC1=NCCS1)N(C1CCCCC1)C1CCSCC1. The predicted molar refractivity (Wildman–Crippen MR) is 92.4 cm³/mol. The highest BCUT2D eigenvalue weighted by Gasteiger charge is 2.33. The van der Waals surface area contributed by atoms with Crippen molar-refractivity contribution in [2.75, 3.05) is 23.8 Å². The van der Waals surface area contributed by atoms with Gasteiger partial charge in [-0.15, -0.1) is 0 Å². The molecule has 1 N–H and O–H groups in total. The van der Waals surface area contributed by atoms with E-state index in [9.17, 15) is 4.79 Å². The van der Waals surface area contributed by atoms with E-state index in [0.29, 0.717) is 12.1 Å². The van der Waals surface area contributed by atoms with Crippen LogP contribution in [0.15, 0.2) is 4.99 Å². The van der Waals surface area contributed by atoms with Gasteiger partial charge in [0, 0.05) is 17.8 Å². The van der Waals surface area contributed by atoms with Crippen LogP contribution in [0.4, 0.5) is 4.79 Å². The minimum Gasteiger partial charge on any atom is -0.318 e. The monoisotopic (exact) mass is 327 g/mol. The van der Waals surface area contributed by atoms with Crippen LogP contribution in [0.5, 0.6) is 0 Å². The van der Waals surface area contributed by atoms with Crippen molar-refractivity contribution < 1.29 is 4.79 Å². The lowest BCUT2D eigenvalue weighted by atomic mass is 9.92. The molecule has 0 spiro atoms. The summed E-state index contributed by atoms with van der Waals surface area (Å²) >= 11 is 3.69. The van der Waals surface area contributed by atoms with Crippen molar-refractivity contribution >= 4 is 34.7 Å². The van der Waals surface area contributed by atoms with Gasteiger partial charge in [-0.1, -0.05) is 31.0 Å². The molecule has 0 bridgehead atoms. The van der Waals surface area contributed by atoms with E-state index in [1.54, 1.807) is 11.8 Å². The summed E-state index contributed by atoms with van der Waals surface area (Å²) in [5.74, 6) is 3.38. The molecule has 3 rings (SSSR count). The van der Waals surface area contributed by atoms with E-state index in [1.807, 2.05) is 11.8 Å². The first-order valence-electron chi connectivity index (χ1n) is 8.19. The molecule has 0 unspecified atom stereocenters.